The molecule has 0 aromatic carbocycles. The highest BCUT2D eigenvalue weighted by Crippen LogP contribution is 2.35. The topological polar surface area (TPSA) is 90.6 Å². The summed E-state index contributed by atoms with van der Waals surface area (Å²) in [6.07, 6.45) is 6.65. The Morgan fingerprint density at radius 3 is 2.93 bits per heavy atom. The smallest absolute Gasteiger partial charge is 0.137 e. The molecule has 1 unspecified atom stereocenters. The number of nitriles is 1. The van der Waals surface area contributed by atoms with Crippen LogP contribution in [0.1, 0.15) is 12.5 Å². The van der Waals surface area contributed by atoms with Crippen molar-refractivity contribution in [1.29, 1.82) is 5.26 Å². The van der Waals surface area contributed by atoms with Crippen LogP contribution in [0, 0.1) is 11.3 Å². The zero-order valence-corrected chi connectivity index (χ0v) is 15.7. The van der Waals surface area contributed by atoms with Gasteiger partial charge in [-0.2, -0.15) is 10.4 Å². The molecule has 0 bridgehead atoms. The van der Waals surface area contributed by atoms with Gasteiger partial charge in [-0.15, -0.1) is 0 Å². The van der Waals surface area contributed by atoms with Gasteiger partial charge in [0, 0.05) is 63.7 Å². The van der Waals surface area contributed by atoms with E-state index < -0.39 is 21.9 Å². The summed E-state index contributed by atoms with van der Waals surface area (Å²) in [5, 5.41) is 14.6. The van der Waals surface area contributed by atoms with Crippen LogP contribution in [0.5, 0.6) is 0 Å². The van der Waals surface area contributed by atoms with E-state index in [4.69, 9.17) is 0 Å². The van der Waals surface area contributed by atoms with Crippen molar-refractivity contribution in [1.82, 2.24) is 24.1 Å². The molecule has 1 aliphatic heterocycles. The first-order chi connectivity index (χ1) is 12.9. The van der Waals surface area contributed by atoms with Crippen molar-refractivity contribution in [3.8, 4) is 17.2 Å². The molecule has 4 heterocycles. The summed E-state index contributed by atoms with van der Waals surface area (Å²) in [6.45, 7) is 1.78. The number of hydrogen-bond donors (Lipinski definition) is 1. The first-order valence-corrected chi connectivity index (χ1v) is 10.4. The zero-order valence-electron chi connectivity index (χ0n) is 14.9. The minimum atomic E-state index is -2.36. The second kappa shape index (κ2) is 6.18. The Morgan fingerprint density at radius 1 is 1.48 bits per heavy atom. The number of fused-ring (bicyclic) bond motifs is 1. The molecule has 1 atom stereocenters. The predicted octanol–water partition coefficient (Wildman–Crippen LogP) is 1.93. The van der Waals surface area contributed by atoms with Crippen molar-refractivity contribution in [3.63, 3.8) is 0 Å². The fraction of sp³-hybridized carbons (Fsp3) is 0.333. The van der Waals surface area contributed by atoms with Crippen molar-refractivity contribution in [2.45, 2.75) is 12.5 Å². The maximum Gasteiger partial charge on any atom is 0.137 e. The Bertz CT molecular complexity index is 1150. The lowest BCUT2D eigenvalue weighted by molar-refractivity contribution is 0.0447. The molecule has 140 valence electrons. The molecule has 1 fully saturated rings. The van der Waals surface area contributed by atoms with Crippen LogP contribution in [-0.2, 0) is 15.2 Å². The van der Waals surface area contributed by atoms with Crippen LogP contribution in [-0.4, -0.2) is 59.6 Å². The summed E-state index contributed by atoms with van der Waals surface area (Å²) >= 11 is 0. The van der Waals surface area contributed by atoms with Crippen LogP contribution >= 0.6 is 0 Å². The van der Waals surface area contributed by atoms with Crippen LogP contribution in [0.25, 0.3) is 22.2 Å². The molecule has 1 aliphatic rings. The number of halogens is 1. The second-order valence-electron chi connectivity index (χ2n) is 6.79. The van der Waals surface area contributed by atoms with Crippen LogP contribution in [0.15, 0.2) is 30.9 Å². The molecule has 1 N–H and O–H groups in total. The van der Waals surface area contributed by atoms with E-state index in [0.717, 1.165) is 16.5 Å². The van der Waals surface area contributed by atoms with Gasteiger partial charge < -0.3 is 4.98 Å². The van der Waals surface area contributed by atoms with Gasteiger partial charge in [-0.25, -0.2) is 13.7 Å². The number of nitrogens with one attached hydrogen (secondary N) is 1. The number of rotatable bonds is 5. The third kappa shape index (κ3) is 2.64. The number of hydrogen-bond acceptors (Lipinski definition) is 4. The molecule has 0 saturated carbocycles. The third-order valence-electron chi connectivity index (χ3n) is 5.18. The summed E-state index contributed by atoms with van der Waals surface area (Å²) in [4.78, 5) is 7.26. The minimum Gasteiger partial charge on any atom is -0.346 e. The lowest BCUT2D eigenvalue weighted by atomic mass is 9.94. The summed E-state index contributed by atoms with van der Waals surface area (Å²) < 4.78 is 29.7. The average molecular weight is 386 g/mol. The first-order valence-electron chi connectivity index (χ1n) is 8.52. The molecule has 1 saturated heterocycles. The van der Waals surface area contributed by atoms with Crippen LogP contribution in [0.4, 0.5) is 4.39 Å². The van der Waals surface area contributed by atoms with E-state index in [0.29, 0.717) is 30.1 Å². The summed E-state index contributed by atoms with van der Waals surface area (Å²) in [5.41, 5.74) is 1.68. The Labute approximate surface area is 156 Å². The molecular formula is C18H19FN6OS. The Hall–Kier alpha value is -2.70. The minimum absolute atomic E-state index is 0.293. The standard InChI is InChI=1S/C18H19FN6OS/c1-3-27(2,26)24-11-18(10-19,12-24)25-9-14(8-23-25)16-13(6-20)7-22-17-15(16)4-5-21-17/h4-5,7-9H,2-3,10-12H2,1H3,(H,21,22). The van der Waals surface area contributed by atoms with E-state index >= 15 is 0 Å². The van der Waals surface area contributed by atoms with Crippen molar-refractivity contribution in [3.05, 3.63) is 36.4 Å². The van der Waals surface area contributed by atoms with Gasteiger partial charge in [0.2, 0.25) is 0 Å². The highest BCUT2D eigenvalue weighted by atomic mass is 32.2. The Morgan fingerprint density at radius 2 is 2.26 bits per heavy atom. The van der Waals surface area contributed by atoms with Crippen LogP contribution < -0.4 is 0 Å². The Balaban J connectivity index is 1.73. The van der Waals surface area contributed by atoms with Crippen molar-refractivity contribution < 1.29 is 8.60 Å². The fourth-order valence-electron chi connectivity index (χ4n) is 3.43. The molecule has 0 spiro atoms. The molecule has 3 aromatic heterocycles. The van der Waals surface area contributed by atoms with Gasteiger partial charge in [0.15, 0.2) is 0 Å². The molecule has 0 aliphatic carbocycles. The normalized spacial score (nSPS) is 18.7. The maximum absolute atomic E-state index is 13.9. The number of aromatic amines is 1. The summed E-state index contributed by atoms with van der Waals surface area (Å²) in [5.74, 6) is 4.19. The number of pyridine rings is 1. The van der Waals surface area contributed by atoms with Gasteiger partial charge in [-0.3, -0.25) is 8.89 Å². The largest absolute Gasteiger partial charge is 0.346 e. The number of aromatic nitrogens is 4. The first kappa shape index (κ1) is 17.7. The third-order valence-corrected chi connectivity index (χ3v) is 7.28. The van der Waals surface area contributed by atoms with E-state index in [-0.39, 0.29) is 0 Å². The van der Waals surface area contributed by atoms with Crippen LogP contribution in [0.2, 0.25) is 0 Å². The van der Waals surface area contributed by atoms with Crippen molar-refractivity contribution in [2.24, 2.45) is 0 Å². The quantitative estimate of drug-likeness (QED) is 0.679. The highest BCUT2D eigenvalue weighted by Gasteiger charge is 2.48. The Kier molecular flexibility index (Phi) is 4.05. The molecule has 27 heavy (non-hydrogen) atoms. The number of alkyl halides is 1. The summed E-state index contributed by atoms with van der Waals surface area (Å²) in [7, 11) is -2.36. The molecule has 7 nitrogen and oxygen atoms in total. The zero-order chi connectivity index (χ0) is 19.2. The molecule has 0 radical (unpaired) electrons. The van der Waals surface area contributed by atoms with E-state index in [1.807, 2.05) is 13.0 Å². The molecule has 4 rings (SSSR count). The van der Waals surface area contributed by atoms with Gasteiger partial charge in [0.1, 0.15) is 23.9 Å². The van der Waals surface area contributed by atoms with E-state index in [9.17, 15) is 13.9 Å². The van der Waals surface area contributed by atoms with Gasteiger partial charge in [0.25, 0.3) is 0 Å². The molecule has 9 heteroatoms. The fourth-order valence-corrected chi connectivity index (χ4v) is 4.75. The molecule has 3 aromatic rings. The number of nitrogens with zero attached hydrogens (tertiary/aromatic N) is 5. The van der Waals surface area contributed by atoms with E-state index in [1.165, 1.54) is 6.20 Å². The van der Waals surface area contributed by atoms with E-state index in [1.54, 1.807) is 27.6 Å². The SMILES string of the molecule is C=S(=O)(CC)N1CC(CF)(n2cc(-c3c(C#N)cnc4[nH]ccc34)cn2)C1. The van der Waals surface area contributed by atoms with Gasteiger partial charge in [-0.05, 0) is 11.9 Å². The summed E-state index contributed by atoms with van der Waals surface area (Å²) in [6, 6.07) is 4.01. The maximum atomic E-state index is 13.9. The van der Waals surface area contributed by atoms with Crippen molar-refractivity contribution in [2.75, 3.05) is 25.5 Å². The van der Waals surface area contributed by atoms with Gasteiger partial charge in [0.05, 0.1) is 11.8 Å². The lowest BCUT2D eigenvalue weighted by Crippen LogP contribution is -2.65. The molecular weight excluding hydrogens is 367 g/mol. The highest BCUT2D eigenvalue weighted by molar-refractivity contribution is 7.98. The average Bonchev–Trinajstić information content (AvgIpc) is 3.30. The van der Waals surface area contributed by atoms with E-state index in [2.05, 4.69) is 27.0 Å². The van der Waals surface area contributed by atoms with Crippen molar-refractivity contribution >= 4 is 26.6 Å². The predicted molar refractivity (Wildman–Crippen MR) is 103 cm³/mol. The van der Waals surface area contributed by atoms with Gasteiger partial charge in [-0.1, -0.05) is 6.92 Å². The monoisotopic (exact) mass is 386 g/mol. The second-order valence-corrected chi connectivity index (χ2v) is 9.43. The van der Waals surface area contributed by atoms with Gasteiger partial charge >= 0.3 is 0 Å². The van der Waals surface area contributed by atoms with Crippen LogP contribution in [0.3, 0.4) is 0 Å². The molecule has 0 amide bonds. The lowest BCUT2D eigenvalue weighted by Gasteiger charge is -2.49. The number of H-pyrrole nitrogens is 1.